The smallest absolute Gasteiger partial charge is 0.178 e. The zero-order chi connectivity index (χ0) is 9.52. The molecule has 5 nitrogen and oxygen atoms in total. The molecule has 0 bridgehead atoms. The van der Waals surface area contributed by atoms with Crippen LogP contribution in [0.2, 0.25) is 0 Å². The lowest BCUT2D eigenvalue weighted by atomic mass is 10.5. The number of hydrogen-bond donors (Lipinski definition) is 0. The van der Waals surface area contributed by atoms with Crippen LogP contribution in [0.4, 0.5) is 0 Å². The first-order valence-electron chi connectivity index (χ1n) is 3.27. The SMILES string of the molecule is [N-]=[N+]=NCC#Cc1csc(C=O)n1. The Kier molecular flexibility index (Phi) is 3.51. The molecule has 1 aromatic rings. The molecule has 0 atom stereocenters. The fraction of sp³-hybridized carbons (Fsp3) is 0.143. The van der Waals surface area contributed by atoms with E-state index >= 15 is 0 Å². The van der Waals surface area contributed by atoms with Crippen LogP contribution in [0.1, 0.15) is 15.5 Å². The highest BCUT2D eigenvalue weighted by Gasteiger charge is 1.95. The van der Waals surface area contributed by atoms with Crippen LogP contribution in [-0.2, 0) is 0 Å². The quantitative estimate of drug-likeness (QED) is 0.234. The van der Waals surface area contributed by atoms with Crippen molar-refractivity contribution in [3.05, 3.63) is 26.5 Å². The minimum Gasteiger partial charge on any atom is -0.295 e. The van der Waals surface area contributed by atoms with Gasteiger partial charge in [-0.25, -0.2) is 4.98 Å². The predicted octanol–water partition coefficient (Wildman–Crippen LogP) is 1.62. The molecule has 64 valence electrons. The standard InChI is InChI=1S/C7H4N4OS/c8-11-9-3-1-2-6-5-13-7(4-12)10-6/h4-5H,3H2. The fourth-order valence-electron chi connectivity index (χ4n) is 0.596. The topological polar surface area (TPSA) is 78.7 Å². The van der Waals surface area contributed by atoms with Gasteiger partial charge in [-0.1, -0.05) is 11.0 Å². The lowest BCUT2D eigenvalue weighted by Gasteiger charge is -1.74. The summed E-state index contributed by atoms with van der Waals surface area (Å²) in [6, 6.07) is 0. The van der Waals surface area contributed by atoms with Gasteiger partial charge in [-0.2, -0.15) is 0 Å². The number of thiazole rings is 1. The zero-order valence-electron chi connectivity index (χ0n) is 6.47. The van der Waals surface area contributed by atoms with E-state index in [1.165, 1.54) is 11.3 Å². The normalized spacial score (nSPS) is 8.00. The third kappa shape index (κ3) is 2.95. The van der Waals surface area contributed by atoms with Gasteiger partial charge < -0.3 is 0 Å². The van der Waals surface area contributed by atoms with Crippen LogP contribution in [0.3, 0.4) is 0 Å². The first kappa shape index (κ1) is 9.26. The van der Waals surface area contributed by atoms with Gasteiger partial charge in [0.1, 0.15) is 5.69 Å². The first-order chi connectivity index (χ1) is 6.36. The minimum atomic E-state index is 0.116. The van der Waals surface area contributed by atoms with Crippen molar-refractivity contribution in [2.45, 2.75) is 0 Å². The fourth-order valence-corrected chi connectivity index (χ4v) is 1.15. The van der Waals surface area contributed by atoms with E-state index in [-0.39, 0.29) is 6.54 Å². The lowest BCUT2D eigenvalue weighted by Crippen LogP contribution is -1.78. The number of azide groups is 1. The molecule has 0 fully saturated rings. The van der Waals surface area contributed by atoms with E-state index in [0.29, 0.717) is 17.0 Å². The second-order valence-corrected chi connectivity index (χ2v) is 2.77. The van der Waals surface area contributed by atoms with E-state index in [4.69, 9.17) is 5.53 Å². The molecule has 6 heteroatoms. The maximum absolute atomic E-state index is 10.2. The second kappa shape index (κ2) is 4.93. The molecule has 1 heterocycles. The van der Waals surface area contributed by atoms with Gasteiger partial charge in [0.15, 0.2) is 11.3 Å². The highest BCUT2D eigenvalue weighted by Crippen LogP contribution is 2.05. The van der Waals surface area contributed by atoms with Crippen LogP contribution in [0.25, 0.3) is 10.4 Å². The number of nitrogens with zero attached hydrogens (tertiary/aromatic N) is 4. The van der Waals surface area contributed by atoms with Gasteiger partial charge in [0, 0.05) is 10.3 Å². The Balaban J connectivity index is 2.66. The minimum absolute atomic E-state index is 0.116. The van der Waals surface area contributed by atoms with Gasteiger partial charge in [0.2, 0.25) is 0 Å². The van der Waals surface area contributed by atoms with E-state index in [1.807, 2.05) is 0 Å². The molecule has 1 rings (SSSR count). The van der Waals surface area contributed by atoms with E-state index in [2.05, 4.69) is 26.9 Å². The Labute approximate surface area is 78.0 Å². The largest absolute Gasteiger partial charge is 0.295 e. The molecule has 0 aliphatic rings. The Hall–Kier alpha value is -1.83. The zero-order valence-corrected chi connectivity index (χ0v) is 7.28. The van der Waals surface area contributed by atoms with Crippen LogP contribution in [0.15, 0.2) is 10.5 Å². The highest BCUT2D eigenvalue weighted by molar-refractivity contribution is 7.11. The Morgan fingerprint density at radius 2 is 2.69 bits per heavy atom. The van der Waals surface area contributed by atoms with E-state index in [0.717, 1.165) is 0 Å². The predicted molar refractivity (Wildman–Crippen MR) is 48.4 cm³/mol. The van der Waals surface area contributed by atoms with Crippen LogP contribution >= 0.6 is 11.3 Å². The Morgan fingerprint density at radius 3 is 3.31 bits per heavy atom. The summed E-state index contributed by atoms with van der Waals surface area (Å²) < 4.78 is 0. The van der Waals surface area contributed by atoms with Crippen molar-refractivity contribution in [1.82, 2.24) is 4.98 Å². The summed E-state index contributed by atoms with van der Waals surface area (Å²) in [5.41, 5.74) is 8.46. The lowest BCUT2D eigenvalue weighted by molar-refractivity contribution is 0.112. The van der Waals surface area contributed by atoms with Gasteiger partial charge in [0.25, 0.3) is 0 Å². The van der Waals surface area contributed by atoms with Crippen LogP contribution < -0.4 is 0 Å². The van der Waals surface area contributed by atoms with Crippen LogP contribution in [-0.4, -0.2) is 17.8 Å². The summed E-state index contributed by atoms with van der Waals surface area (Å²) >= 11 is 1.23. The van der Waals surface area contributed by atoms with Gasteiger partial charge in [-0.15, -0.1) is 11.3 Å². The molecule has 0 aliphatic carbocycles. The van der Waals surface area contributed by atoms with E-state index in [1.54, 1.807) is 5.38 Å². The monoisotopic (exact) mass is 192 g/mol. The number of hydrogen-bond acceptors (Lipinski definition) is 4. The molecule has 0 N–H and O–H groups in total. The summed E-state index contributed by atoms with van der Waals surface area (Å²) in [7, 11) is 0. The number of carbonyl (C=O) groups excluding carboxylic acids is 1. The summed E-state index contributed by atoms with van der Waals surface area (Å²) in [5.74, 6) is 5.26. The van der Waals surface area contributed by atoms with Gasteiger partial charge in [-0.3, -0.25) is 4.79 Å². The van der Waals surface area contributed by atoms with Gasteiger partial charge >= 0.3 is 0 Å². The third-order valence-corrected chi connectivity index (χ3v) is 1.82. The molecule has 0 saturated heterocycles. The Bertz CT molecular complexity index is 408. The molecule has 0 aliphatic heterocycles. The van der Waals surface area contributed by atoms with Crippen molar-refractivity contribution >= 4 is 17.6 Å². The highest BCUT2D eigenvalue weighted by atomic mass is 32.1. The van der Waals surface area contributed by atoms with Gasteiger partial charge in [0.05, 0.1) is 6.54 Å². The summed E-state index contributed by atoms with van der Waals surface area (Å²) in [4.78, 5) is 16.6. The van der Waals surface area contributed by atoms with Crippen molar-refractivity contribution in [3.8, 4) is 11.8 Å². The number of carbonyl (C=O) groups is 1. The molecular weight excluding hydrogens is 188 g/mol. The average molecular weight is 192 g/mol. The van der Waals surface area contributed by atoms with Crippen molar-refractivity contribution in [3.63, 3.8) is 0 Å². The summed E-state index contributed by atoms with van der Waals surface area (Å²) in [6.45, 7) is 0.116. The van der Waals surface area contributed by atoms with Gasteiger partial charge in [-0.05, 0) is 11.5 Å². The van der Waals surface area contributed by atoms with Crippen molar-refractivity contribution in [2.24, 2.45) is 5.11 Å². The van der Waals surface area contributed by atoms with E-state index in [9.17, 15) is 4.79 Å². The average Bonchev–Trinajstić information content (AvgIpc) is 2.60. The van der Waals surface area contributed by atoms with Crippen LogP contribution in [0.5, 0.6) is 0 Å². The summed E-state index contributed by atoms with van der Waals surface area (Å²) in [6.07, 6.45) is 0.670. The number of aromatic nitrogens is 1. The first-order valence-corrected chi connectivity index (χ1v) is 4.15. The molecule has 0 radical (unpaired) electrons. The third-order valence-electron chi connectivity index (χ3n) is 1.05. The van der Waals surface area contributed by atoms with Crippen molar-refractivity contribution in [1.29, 1.82) is 0 Å². The molecular formula is C7H4N4OS. The van der Waals surface area contributed by atoms with Crippen molar-refractivity contribution < 1.29 is 4.79 Å². The number of rotatable bonds is 2. The van der Waals surface area contributed by atoms with Crippen LogP contribution in [0, 0.1) is 11.8 Å². The molecule has 1 aromatic heterocycles. The van der Waals surface area contributed by atoms with E-state index < -0.39 is 0 Å². The molecule has 0 aromatic carbocycles. The number of aldehydes is 1. The molecule has 13 heavy (non-hydrogen) atoms. The molecule has 0 unspecified atom stereocenters. The summed E-state index contributed by atoms with van der Waals surface area (Å²) in [5, 5.41) is 5.30. The maximum atomic E-state index is 10.2. The Morgan fingerprint density at radius 1 is 1.85 bits per heavy atom. The second-order valence-electron chi connectivity index (χ2n) is 1.88. The maximum Gasteiger partial charge on any atom is 0.178 e. The molecule has 0 amide bonds. The molecule has 0 spiro atoms. The van der Waals surface area contributed by atoms with Crippen molar-refractivity contribution in [2.75, 3.05) is 6.54 Å². The molecule has 0 saturated carbocycles.